The summed E-state index contributed by atoms with van der Waals surface area (Å²) in [6.45, 7) is 13.5. The van der Waals surface area contributed by atoms with Crippen LogP contribution in [0.15, 0.2) is 0 Å². The van der Waals surface area contributed by atoms with Gasteiger partial charge < -0.3 is 10.1 Å². The van der Waals surface area contributed by atoms with Gasteiger partial charge in [0.15, 0.2) is 0 Å². The third-order valence-electron chi connectivity index (χ3n) is 4.42. The lowest BCUT2D eigenvalue weighted by Gasteiger charge is -2.37. The average molecular weight is 269 g/mol. The van der Waals surface area contributed by atoms with Crippen molar-refractivity contribution in [2.45, 2.75) is 78.9 Å². The molecule has 0 aromatic rings. The molecular weight excluding hydrogens is 234 g/mol. The zero-order valence-electron chi connectivity index (χ0n) is 13.7. The van der Waals surface area contributed by atoms with Crippen LogP contribution in [0.25, 0.3) is 0 Å². The largest absolute Gasteiger partial charge is 0.378 e. The molecule has 3 unspecified atom stereocenters. The molecule has 0 saturated heterocycles. The van der Waals surface area contributed by atoms with Gasteiger partial charge >= 0.3 is 0 Å². The number of rotatable bonds is 8. The highest BCUT2D eigenvalue weighted by Gasteiger charge is 2.31. The van der Waals surface area contributed by atoms with Gasteiger partial charge in [0.2, 0.25) is 0 Å². The smallest absolute Gasteiger partial charge is 0.0608 e. The van der Waals surface area contributed by atoms with Crippen LogP contribution in [0.3, 0.4) is 0 Å². The molecule has 1 fully saturated rings. The van der Waals surface area contributed by atoms with Crippen LogP contribution in [0.4, 0.5) is 0 Å². The van der Waals surface area contributed by atoms with Gasteiger partial charge in [-0.15, -0.1) is 0 Å². The molecule has 0 radical (unpaired) electrons. The summed E-state index contributed by atoms with van der Waals surface area (Å²) in [5.41, 5.74) is 0. The molecule has 2 nitrogen and oxygen atoms in total. The summed E-state index contributed by atoms with van der Waals surface area (Å²) in [4.78, 5) is 0. The normalized spacial score (nSPS) is 28.3. The Labute approximate surface area is 120 Å². The van der Waals surface area contributed by atoms with Crippen LogP contribution in [0.2, 0.25) is 0 Å². The molecule has 1 rings (SSSR count). The van der Waals surface area contributed by atoms with E-state index < -0.39 is 0 Å². The Kier molecular flexibility index (Phi) is 8.01. The van der Waals surface area contributed by atoms with Gasteiger partial charge in [-0.1, -0.05) is 41.0 Å². The third-order valence-corrected chi connectivity index (χ3v) is 4.42. The lowest BCUT2D eigenvalue weighted by molar-refractivity contribution is -0.0393. The minimum Gasteiger partial charge on any atom is -0.378 e. The molecule has 1 aliphatic carbocycles. The van der Waals surface area contributed by atoms with Gasteiger partial charge in [0, 0.05) is 12.6 Å². The number of ether oxygens (including phenoxy) is 1. The molecule has 0 amide bonds. The topological polar surface area (TPSA) is 21.3 Å². The minimum absolute atomic E-state index is 0.516. The highest BCUT2D eigenvalue weighted by molar-refractivity contribution is 4.81. The van der Waals surface area contributed by atoms with Crippen LogP contribution < -0.4 is 5.32 Å². The van der Waals surface area contributed by atoms with Crippen LogP contribution in [0.1, 0.15) is 66.7 Å². The van der Waals surface area contributed by atoms with Crippen molar-refractivity contribution < 1.29 is 4.74 Å². The minimum atomic E-state index is 0.516. The number of hydrogen-bond acceptors (Lipinski definition) is 2. The second-order valence-corrected chi connectivity index (χ2v) is 7.05. The zero-order valence-corrected chi connectivity index (χ0v) is 13.7. The molecule has 1 N–H and O–H groups in total. The van der Waals surface area contributed by atoms with Gasteiger partial charge in [0.25, 0.3) is 0 Å². The van der Waals surface area contributed by atoms with Crippen molar-refractivity contribution in [1.29, 1.82) is 0 Å². The Morgan fingerprint density at radius 3 is 2.47 bits per heavy atom. The summed E-state index contributed by atoms with van der Waals surface area (Å²) < 4.78 is 6.21. The molecule has 1 aliphatic rings. The van der Waals surface area contributed by atoms with Crippen molar-refractivity contribution in [3.63, 3.8) is 0 Å². The Balaban J connectivity index is 2.17. The van der Waals surface area contributed by atoms with Crippen molar-refractivity contribution in [2.75, 3.05) is 13.2 Å². The van der Waals surface area contributed by atoms with Crippen molar-refractivity contribution in [3.05, 3.63) is 0 Å². The summed E-state index contributed by atoms with van der Waals surface area (Å²) >= 11 is 0. The van der Waals surface area contributed by atoms with Crippen LogP contribution in [0.5, 0.6) is 0 Å². The van der Waals surface area contributed by atoms with Crippen LogP contribution in [-0.4, -0.2) is 25.3 Å². The molecule has 0 bridgehead atoms. The maximum atomic E-state index is 6.21. The van der Waals surface area contributed by atoms with Crippen molar-refractivity contribution in [2.24, 2.45) is 17.8 Å². The van der Waals surface area contributed by atoms with Gasteiger partial charge in [-0.2, -0.15) is 0 Å². The van der Waals surface area contributed by atoms with Crippen LogP contribution in [0, 0.1) is 17.8 Å². The predicted molar refractivity (Wildman–Crippen MR) is 83.5 cm³/mol. The standard InChI is InChI=1S/C17H35NO/c1-13(2)16-9-8-15(5)12-17(16)19-11-7-6-10-18-14(3)4/h13-18H,6-12H2,1-5H3. The summed E-state index contributed by atoms with van der Waals surface area (Å²) in [6.07, 6.45) is 6.95. The first-order valence-corrected chi connectivity index (χ1v) is 8.35. The predicted octanol–water partition coefficient (Wildman–Crippen LogP) is 4.24. The van der Waals surface area contributed by atoms with E-state index in [0.717, 1.165) is 30.9 Å². The first kappa shape index (κ1) is 17.0. The quantitative estimate of drug-likeness (QED) is 0.665. The SMILES string of the molecule is CC1CCC(C(C)C)C(OCCCCNC(C)C)C1. The first-order valence-electron chi connectivity index (χ1n) is 8.35. The highest BCUT2D eigenvalue weighted by atomic mass is 16.5. The molecule has 0 spiro atoms. The number of unbranched alkanes of at least 4 members (excludes halogenated alkanes) is 1. The Hall–Kier alpha value is -0.0800. The summed E-state index contributed by atoms with van der Waals surface area (Å²) in [5.74, 6) is 2.40. The van der Waals surface area contributed by atoms with Gasteiger partial charge in [-0.05, 0) is 50.0 Å². The monoisotopic (exact) mass is 269 g/mol. The summed E-state index contributed by atoms with van der Waals surface area (Å²) in [6, 6.07) is 0.602. The highest BCUT2D eigenvalue weighted by Crippen LogP contribution is 2.35. The van der Waals surface area contributed by atoms with Gasteiger partial charge in [0.1, 0.15) is 0 Å². The first-order chi connectivity index (χ1) is 9.00. The van der Waals surface area contributed by atoms with E-state index in [9.17, 15) is 0 Å². The number of hydrogen-bond donors (Lipinski definition) is 1. The fraction of sp³-hybridized carbons (Fsp3) is 1.00. The van der Waals surface area contributed by atoms with E-state index in [0.29, 0.717) is 12.1 Å². The number of nitrogens with one attached hydrogen (secondary N) is 1. The van der Waals surface area contributed by atoms with Crippen molar-refractivity contribution >= 4 is 0 Å². The fourth-order valence-electron chi connectivity index (χ4n) is 3.16. The van der Waals surface area contributed by atoms with Gasteiger partial charge in [-0.25, -0.2) is 0 Å². The molecule has 0 aliphatic heterocycles. The molecule has 0 aromatic heterocycles. The molecule has 114 valence electrons. The van der Waals surface area contributed by atoms with E-state index in [1.807, 2.05) is 0 Å². The van der Waals surface area contributed by atoms with Gasteiger partial charge in [-0.3, -0.25) is 0 Å². The summed E-state index contributed by atoms with van der Waals surface area (Å²) in [7, 11) is 0. The van der Waals surface area contributed by atoms with Crippen molar-refractivity contribution in [3.8, 4) is 0 Å². The third kappa shape index (κ3) is 6.76. The lowest BCUT2D eigenvalue weighted by atomic mass is 9.75. The molecular formula is C17H35NO. The maximum absolute atomic E-state index is 6.21. The van der Waals surface area contributed by atoms with Crippen LogP contribution in [-0.2, 0) is 4.74 Å². The average Bonchev–Trinajstić information content (AvgIpc) is 2.33. The fourth-order valence-corrected chi connectivity index (χ4v) is 3.16. The van der Waals surface area contributed by atoms with E-state index in [1.54, 1.807) is 0 Å². The molecule has 0 heterocycles. The Morgan fingerprint density at radius 1 is 1.11 bits per heavy atom. The molecule has 19 heavy (non-hydrogen) atoms. The zero-order chi connectivity index (χ0) is 14.3. The second kappa shape index (κ2) is 8.97. The van der Waals surface area contributed by atoms with E-state index in [2.05, 4.69) is 39.9 Å². The van der Waals surface area contributed by atoms with E-state index >= 15 is 0 Å². The van der Waals surface area contributed by atoms with E-state index in [-0.39, 0.29) is 0 Å². The second-order valence-electron chi connectivity index (χ2n) is 7.05. The maximum Gasteiger partial charge on any atom is 0.0608 e. The Bertz CT molecular complexity index is 227. The van der Waals surface area contributed by atoms with Gasteiger partial charge in [0.05, 0.1) is 6.10 Å². The Morgan fingerprint density at radius 2 is 1.84 bits per heavy atom. The van der Waals surface area contributed by atoms with E-state index in [1.165, 1.54) is 32.1 Å². The summed E-state index contributed by atoms with van der Waals surface area (Å²) in [5, 5.41) is 3.46. The van der Waals surface area contributed by atoms with Crippen molar-refractivity contribution in [1.82, 2.24) is 5.32 Å². The lowest BCUT2D eigenvalue weighted by Crippen LogP contribution is -2.34. The molecule has 2 heteroatoms. The van der Waals surface area contributed by atoms with Crippen LogP contribution >= 0.6 is 0 Å². The molecule has 0 aromatic carbocycles. The molecule has 3 atom stereocenters. The van der Waals surface area contributed by atoms with E-state index in [4.69, 9.17) is 4.74 Å². The molecule has 1 saturated carbocycles.